The number of benzene rings is 1. The fourth-order valence-corrected chi connectivity index (χ4v) is 7.21. The van der Waals surface area contributed by atoms with Crippen LogP contribution in [0.1, 0.15) is 46.5 Å². The standard InChI is InChI=1S/C21H22F2N2O5S2/c1-30-20(27)18-14-8-9-25(19(26)12-4-2-3-5-12)11-17(14)31-21(18)32(28,29)24-13-6-7-15(22)16(23)10-13/h6-7,10,12,24H,2-5,8-9,11H2,1H3. The van der Waals surface area contributed by atoms with Crippen molar-refractivity contribution in [1.82, 2.24) is 4.90 Å². The van der Waals surface area contributed by atoms with Crippen LogP contribution in [-0.2, 0) is 32.5 Å². The molecule has 1 saturated carbocycles. The maximum absolute atomic E-state index is 13.5. The van der Waals surface area contributed by atoms with E-state index in [1.165, 1.54) is 0 Å². The minimum absolute atomic E-state index is 0.00479. The first-order valence-corrected chi connectivity index (χ1v) is 12.5. The topological polar surface area (TPSA) is 92.8 Å². The molecule has 0 bridgehead atoms. The van der Waals surface area contributed by atoms with E-state index in [0.29, 0.717) is 23.4 Å². The summed E-state index contributed by atoms with van der Waals surface area (Å²) in [6.45, 7) is 0.610. The Morgan fingerprint density at radius 3 is 2.56 bits per heavy atom. The average Bonchev–Trinajstić information content (AvgIpc) is 3.43. The Morgan fingerprint density at radius 2 is 1.91 bits per heavy atom. The molecule has 7 nitrogen and oxygen atoms in total. The van der Waals surface area contributed by atoms with Crippen LogP contribution in [0.2, 0.25) is 0 Å². The normalized spacial score (nSPS) is 16.7. The number of anilines is 1. The minimum atomic E-state index is -4.30. The number of halogens is 2. The molecule has 1 N–H and O–H groups in total. The van der Waals surface area contributed by atoms with Crippen molar-refractivity contribution >= 4 is 38.9 Å². The number of carbonyl (C=O) groups is 2. The summed E-state index contributed by atoms with van der Waals surface area (Å²) >= 11 is 0.890. The molecule has 1 aromatic heterocycles. The molecule has 11 heteroatoms. The number of ether oxygens (including phenoxy) is 1. The lowest BCUT2D eigenvalue weighted by molar-refractivity contribution is -0.136. The number of nitrogens with one attached hydrogen (secondary N) is 1. The number of rotatable bonds is 5. The van der Waals surface area contributed by atoms with Gasteiger partial charge in [-0.15, -0.1) is 11.3 Å². The highest BCUT2D eigenvalue weighted by Gasteiger charge is 2.36. The molecule has 172 valence electrons. The first-order valence-electron chi connectivity index (χ1n) is 10.2. The summed E-state index contributed by atoms with van der Waals surface area (Å²) in [6.07, 6.45) is 4.10. The van der Waals surface area contributed by atoms with E-state index in [1.807, 2.05) is 0 Å². The number of carbonyl (C=O) groups excluding carboxylic acids is 2. The van der Waals surface area contributed by atoms with E-state index in [1.54, 1.807) is 4.90 Å². The maximum atomic E-state index is 13.5. The first-order chi connectivity index (χ1) is 15.2. The van der Waals surface area contributed by atoms with Crippen molar-refractivity contribution in [3.8, 4) is 0 Å². The molecule has 4 rings (SSSR count). The van der Waals surface area contributed by atoms with Gasteiger partial charge in [-0.3, -0.25) is 9.52 Å². The number of esters is 1. The van der Waals surface area contributed by atoms with Crippen molar-refractivity contribution in [3.05, 3.63) is 45.8 Å². The molecule has 1 amide bonds. The van der Waals surface area contributed by atoms with Crippen LogP contribution in [-0.4, -0.2) is 38.8 Å². The zero-order valence-corrected chi connectivity index (χ0v) is 19.0. The van der Waals surface area contributed by atoms with Gasteiger partial charge in [0, 0.05) is 23.4 Å². The summed E-state index contributed by atoms with van der Waals surface area (Å²) in [5.41, 5.74) is 0.294. The third-order valence-corrected chi connectivity index (χ3v) is 8.96. The largest absolute Gasteiger partial charge is 0.465 e. The van der Waals surface area contributed by atoms with Crippen LogP contribution in [0.15, 0.2) is 22.4 Å². The summed E-state index contributed by atoms with van der Waals surface area (Å²) < 4.78 is 59.6. The Hall–Kier alpha value is -2.53. The maximum Gasteiger partial charge on any atom is 0.340 e. The lowest BCUT2D eigenvalue weighted by Gasteiger charge is -2.29. The Labute approximate surface area is 188 Å². The average molecular weight is 485 g/mol. The highest BCUT2D eigenvalue weighted by Crippen LogP contribution is 2.38. The van der Waals surface area contributed by atoms with Crippen LogP contribution in [0.25, 0.3) is 0 Å². The summed E-state index contributed by atoms with van der Waals surface area (Å²) in [5, 5.41) is 0. The number of hydrogen-bond donors (Lipinski definition) is 1. The third kappa shape index (κ3) is 4.23. The van der Waals surface area contributed by atoms with E-state index in [-0.39, 0.29) is 33.8 Å². The summed E-state index contributed by atoms with van der Waals surface area (Å²) in [7, 11) is -3.14. The van der Waals surface area contributed by atoms with Gasteiger partial charge >= 0.3 is 5.97 Å². The molecule has 1 aliphatic carbocycles. The molecule has 0 radical (unpaired) electrons. The second-order valence-corrected chi connectivity index (χ2v) is 10.9. The zero-order valence-electron chi connectivity index (χ0n) is 17.3. The van der Waals surface area contributed by atoms with Gasteiger partial charge in [-0.25, -0.2) is 22.0 Å². The van der Waals surface area contributed by atoms with E-state index < -0.39 is 27.6 Å². The van der Waals surface area contributed by atoms with E-state index in [2.05, 4.69) is 4.72 Å². The molecule has 0 saturated heterocycles. The SMILES string of the molecule is COC(=O)c1c(S(=O)(=O)Nc2ccc(F)c(F)c2)sc2c1CCN(C(=O)C1CCCC1)C2. The van der Waals surface area contributed by atoms with E-state index in [4.69, 9.17) is 4.74 Å². The van der Waals surface area contributed by atoms with Gasteiger partial charge in [0.15, 0.2) is 15.8 Å². The van der Waals surface area contributed by atoms with Crippen molar-refractivity contribution < 1.29 is 31.5 Å². The molecule has 2 aromatic rings. The molecule has 32 heavy (non-hydrogen) atoms. The fraction of sp³-hybridized carbons (Fsp3) is 0.429. The molecule has 1 aliphatic heterocycles. The predicted octanol–water partition coefficient (Wildman–Crippen LogP) is 3.69. The number of hydrogen-bond acceptors (Lipinski definition) is 6. The van der Waals surface area contributed by atoms with Crippen LogP contribution in [0.5, 0.6) is 0 Å². The van der Waals surface area contributed by atoms with Crippen LogP contribution in [0, 0.1) is 17.6 Å². The molecule has 2 heterocycles. The molecular formula is C21H22F2N2O5S2. The van der Waals surface area contributed by atoms with Crippen molar-refractivity contribution in [2.45, 2.75) is 42.9 Å². The summed E-state index contributed by atoms with van der Waals surface area (Å²) in [6, 6.07) is 2.61. The van der Waals surface area contributed by atoms with Gasteiger partial charge < -0.3 is 9.64 Å². The molecule has 1 aromatic carbocycles. The zero-order chi connectivity index (χ0) is 23.0. The van der Waals surface area contributed by atoms with Crippen LogP contribution < -0.4 is 4.72 Å². The smallest absolute Gasteiger partial charge is 0.340 e. The molecule has 1 fully saturated rings. The second kappa shape index (κ2) is 8.78. The number of methoxy groups -OCH3 is 1. The van der Waals surface area contributed by atoms with Crippen molar-refractivity contribution in [1.29, 1.82) is 0 Å². The van der Waals surface area contributed by atoms with Gasteiger partial charge in [-0.2, -0.15) is 0 Å². The fourth-order valence-electron chi connectivity index (χ4n) is 4.26. The number of sulfonamides is 1. The molecular weight excluding hydrogens is 462 g/mol. The summed E-state index contributed by atoms with van der Waals surface area (Å²) in [4.78, 5) is 27.6. The highest BCUT2D eigenvalue weighted by molar-refractivity contribution is 7.94. The van der Waals surface area contributed by atoms with E-state index in [0.717, 1.165) is 62.3 Å². The van der Waals surface area contributed by atoms with Gasteiger partial charge in [0.25, 0.3) is 10.0 Å². The number of thiophene rings is 1. The Balaban J connectivity index is 1.67. The van der Waals surface area contributed by atoms with Crippen LogP contribution >= 0.6 is 11.3 Å². The third-order valence-electron chi connectivity index (χ3n) is 5.85. The Morgan fingerprint density at radius 1 is 1.19 bits per heavy atom. The Bertz CT molecular complexity index is 1170. The number of amides is 1. The highest BCUT2D eigenvalue weighted by atomic mass is 32.2. The van der Waals surface area contributed by atoms with E-state index >= 15 is 0 Å². The second-order valence-electron chi connectivity index (χ2n) is 7.88. The summed E-state index contributed by atoms with van der Waals surface area (Å²) in [5.74, 6) is -3.06. The Kier molecular flexibility index (Phi) is 6.22. The lowest BCUT2D eigenvalue weighted by Crippen LogP contribution is -2.39. The lowest BCUT2D eigenvalue weighted by atomic mass is 10.0. The van der Waals surface area contributed by atoms with Gasteiger partial charge in [-0.1, -0.05) is 12.8 Å². The molecule has 0 unspecified atom stereocenters. The van der Waals surface area contributed by atoms with Crippen molar-refractivity contribution in [2.75, 3.05) is 18.4 Å². The predicted molar refractivity (Wildman–Crippen MR) is 114 cm³/mol. The minimum Gasteiger partial charge on any atom is -0.465 e. The van der Waals surface area contributed by atoms with Crippen molar-refractivity contribution in [2.24, 2.45) is 5.92 Å². The molecule has 0 spiro atoms. The molecule has 2 aliphatic rings. The molecule has 0 atom stereocenters. The van der Waals surface area contributed by atoms with Crippen LogP contribution in [0.4, 0.5) is 14.5 Å². The van der Waals surface area contributed by atoms with Crippen LogP contribution in [0.3, 0.4) is 0 Å². The van der Waals surface area contributed by atoms with Gasteiger partial charge in [0.2, 0.25) is 5.91 Å². The van der Waals surface area contributed by atoms with Crippen molar-refractivity contribution in [3.63, 3.8) is 0 Å². The quantitative estimate of drug-likeness (QED) is 0.654. The number of nitrogens with zero attached hydrogens (tertiary/aromatic N) is 1. The first kappa shape index (κ1) is 22.7. The van der Waals surface area contributed by atoms with Gasteiger partial charge in [0.1, 0.15) is 0 Å². The van der Waals surface area contributed by atoms with E-state index in [9.17, 15) is 26.8 Å². The van der Waals surface area contributed by atoms with Gasteiger partial charge in [-0.05, 0) is 37.0 Å². The van der Waals surface area contributed by atoms with Gasteiger partial charge in [0.05, 0.1) is 24.9 Å². The monoisotopic (exact) mass is 484 g/mol. The number of fused-ring (bicyclic) bond motifs is 1.